The number of fused-ring (bicyclic) bond motifs is 1. The Balaban J connectivity index is 1.39. The third-order valence-corrected chi connectivity index (χ3v) is 5.64. The molecule has 0 bridgehead atoms. The van der Waals surface area contributed by atoms with Gasteiger partial charge in [-0.15, -0.1) is 0 Å². The van der Waals surface area contributed by atoms with Gasteiger partial charge in [-0.05, 0) is 43.3 Å². The number of amides is 3. The van der Waals surface area contributed by atoms with Crippen LogP contribution in [0.5, 0.6) is 5.75 Å². The Morgan fingerprint density at radius 1 is 1.28 bits per heavy atom. The maximum absolute atomic E-state index is 12.6. The average Bonchev–Trinajstić information content (AvgIpc) is 3.24. The molecule has 1 saturated heterocycles. The highest BCUT2D eigenvalue weighted by atomic mass is 35.5. The second kappa shape index (κ2) is 8.26. The third-order valence-electron chi connectivity index (χ3n) is 4.47. The molecular formula is C20H19ClN4O3S. The Kier molecular flexibility index (Phi) is 5.55. The predicted molar refractivity (Wildman–Crippen MR) is 115 cm³/mol. The molecule has 4 rings (SSSR count). The molecule has 1 aliphatic heterocycles. The first-order valence-electron chi connectivity index (χ1n) is 9.19. The van der Waals surface area contributed by atoms with Crippen LogP contribution in [0.2, 0.25) is 5.02 Å². The van der Waals surface area contributed by atoms with Gasteiger partial charge in [0.05, 0.1) is 16.8 Å². The highest BCUT2D eigenvalue weighted by molar-refractivity contribution is 7.22. The van der Waals surface area contributed by atoms with E-state index in [-0.39, 0.29) is 18.5 Å². The third kappa shape index (κ3) is 4.28. The van der Waals surface area contributed by atoms with Crippen LogP contribution in [0.15, 0.2) is 42.5 Å². The Hall–Kier alpha value is -2.84. The first-order chi connectivity index (χ1) is 14.0. The molecule has 29 heavy (non-hydrogen) atoms. The topological polar surface area (TPSA) is 74.8 Å². The van der Waals surface area contributed by atoms with Crippen LogP contribution in [0, 0.1) is 0 Å². The summed E-state index contributed by atoms with van der Waals surface area (Å²) in [5.74, 6) is 0.487. The van der Waals surface area contributed by atoms with Crippen molar-refractivity contribution in [1.29, 1.82) is 0 Å². The lowest BCUT2D eigenvalue weighted by Crippen LogP contribution is -2.37. The Labute approximate surface area is 176 Å². The average molecular weight is 431 g/mol. The molecule has 7 nitrogen and oxygen atoms in total. The van der Waals surface area contributed by atoms with Gasteiger partial charge in [0.25, 0.3) is 0 Å². The molecule has 0 unspecified atom stereocenters. The van der Waals surface area contributed by atoms with Gasteiger partial charge in [0, 0.05) is 23.8 Å². The second-order valence-corrected chi connectivity index (χ2v) is 7.93. The molecule has 9 heteroatoms. The van der Waals surface area contributed by atoms with Gasteiger partial charge in [0.15, 0.2) is 5.13 Å². The number of anilines is 2. The van der Waals surface area contributed by atoms with Crippen LogP contribution in [0.3, 0.4) is 0 Å². The van der Waals surface area contributed by atoms with Gasteiger partial charge in [-0.3, -0.25) is 9.69 Å². The number of urea groups is 1. The Morgan fingerprint density at radius 2 is 2.14 bits per heavy atom. The van der Waals surface area contributed by atoms with Gasteiger partial charge in [0.2, 0.25) is 5.91 Å². The van der Waals surface area contributed by atoms with E-state index in [0.29, 0.717) is 29.9 Å². The van der Waals surface area contributed by atoms with Gasteiger partial charge in [-0.1, -0.05) is 29.0 Å². The van der Waals surface area contributed by atoms with Crippen molar-refractivity contribution in [3.63, 3.8) is 0 Å². The minimum absolute atomic E-state index is 0.0317. The van der Waals surface area contributed by atoms with E-state index in [9.17, 15) is 9.59 Å². The highest BCUT2D eigenvalue weighted by Crippen LogP contribution is 2.29. The van der Waals surface area contributed by atoms with E-state index >= 15 is 0 Å². The maximum Gasteiger partial charge on any atom is 0.325 e. The van der Waals surface area contributed by atoms with Gasteiger partial charge < -0.3 is 15.0 Å². The van der Waals surface area contributed by atoms with E-state index in [2.05, 4.69) is 10.3 Å². The van der Waals surface area contributed by atoms with E-state index < -0.39 is 0 Å². The minimum atomic E-state index is -0.282. The fourth-order valence-corrected chi connectivity index (χ4v) is 4.25. The molecule has 3 aromatic rings. The number of carbonyl (C=O) groups excluding carboxylic acids is 2. The van der Waals surface area contributed by atoms with Crippen molar-refractivity contribution < 1.29 is 14.3 Å². The molecule has 0 spiro atoms. The van der Waals surface area contributed by atoms with Crippen LogP contribution in [-0.2, 0) is 4.79 Å². The number of hydrogen-bond donors (Lipinski definition) is 1. The van der Waals surface area contributed by atoms with Gasteiger partial charge in [-0.25, -0.2) is 9.78 Å². The van der Waals surface area contributed by atoms with Crippen molar-refractivity contribution in [3.8, 4) is 5.75 Å². The normalized spacial score (nSPS) is 13.9. The number of nitrogens with zero attached hydrogens (tertiary/aromatic N) is 3. The summed E-state index contributed by atoms with van der Waals surface area (Å²) in [6.45, 7) is 3.46. The fraction of sp³-hybridized carbons (Fsp3) is 0.250. The zero-order valence-corrected chi connectivity index (χ0v) is 17.3. The van der Waals surface area contributed by atoms with Crippen molar-refractivity contribution in [1.82, 2.24) is 9.88 Å². The molecular weight excluding hydrogens is 412 g/mol. The number of halogens is 1. The smallest absolute Gasteiger partial charge is 0.325 e. The molecule has 0 aliphatic carbocycles. The van der Waals surface area contributed by atoms with Crippen LogP contribution in [0.4, 0.5) is 15.6 Å². The molecule has 3 amide bonds. The van der Waals surface area contributed by atoms with E-state index in [1.807, 2.05) is 31.2 Å². The highest BCUT2D eigenvalue weighted by Gasteiger charge is 2.31. The summed E-state index contributed by atoms with van der Waals surface area (Å²) in [7, 11) is 0. The number of benzene rings is 2. The summed E-state index contributed by atoms with van der Waals surface area (Å²) in [6, 6.07) is 12.5. The van der Waals surface area contributed by atoms with Crippen LogP contribution in [0.25, 0.3) is 10.2 Å². The Bertz CT molecular complexity index is 1070. The number of thiazole rings is 1. The number of hydrogen-bond acceptors (Lipinski definition) is 5. The molecule has 0 radical (unpaired) electrons. The minimum Gasteiger partial charge on any atom is -0.494 e. The lowest BCUT2D eigenvalue weighted by Gasteiger charge is -2.18. The second-order valence-electron chi connectivity index (χ2n) is 6.47. The SMILES string of the molecule is CCOc1ccc2nc(NC(=O)CN3CCN(c4cccc(Cl)c4)C3=O)sc2c1. The molecule has 1 N–H and O–H groups in total. The predicted octanol–water partition coefficient (Wildman–Crippen LogP) is 4.23. The molecule has 1 aromatic heterocycles. The van der Waals surface area contributed by atoms with Crippen molar-refractivity contribution in [3.05, 3.63) is 47.5 Å². The number of rotatable bonds is 6. The first kappa shape index (κ1) is 19.5. The monoisotopic (exact) mass is 430 g/mol. The summed E-state index contributed by atoms with van der Waals surface area (Å²) in [6.07, 6.45) is 0. The van der Waals surface area contributed by atoms with E-state index in [0.717, 1.165) is 21.7 Å². The van der Waals surface area contributed by atoms with Crippen molar-refractivity contribution >= 4 is 55.9 Å². The first-order valence-corrected chi connectivity index (χ1v) is 10.4. The lowest BCUT2D eigenvalue weighted by atomic mass is 10.3. The van der Waals surface area contributed by atoms with Crippen LogP contribution in [-0.4, -0.2) is 48.1 Å². The van der Waals surface area contributed by atoms with Crippen LogP contribution < -0.4 is 15.0 Å². The zero-order chi connectivity index (χ0) is 20.4. The number of ether oxygens (including phenoxy) is 1. The quantitative estimate of drug-likeness (QED) is 0.635. The summed E-state index contributed by atoms with van der Waals surface area (Å²) in [5, 5.41) is 3.85. The molecule has 150 valence electrons. The van der Waals surface area contributed by atoms with Gasteiger partial charge >= 0.3 is 6.03 Å². The summed E-state index contributed by atoms with van der Waals surface area (Å²) < 4.78 is 6.42. The largest absolute Gasteiger partial charge is 0.494 e. The summed E-state index contributed by atoms with van der Waals surface area (Å²) in [4.78, 5) is 32.7. The van der Waals surface area contributed by atoms with E-state index in [4.69, 9.17) is 16.3 Å². The number of nitrogens with one attached hydrogen (secondary N) is 1. The standard InChI is InChI=1S/C20H19ClN4O3S/c1-2-28-15-6-7-16-17(11-15)29-19(22-16)23-18(26)12-24-8-9-25(20(24)27)14-5-3-4-13(21)10-14/h3-7,10-11H,2,8-9,12H2,1H3,(H,22,23,26). The lowest BCUT2D eigenvalue weighted by molar-refractivity contribution is -0.116. The molecule has 2 heterocycles. The maximum atomic E-state index is 12.6. The fourth-order valence-electron chi connectivity index (χ4n) is 3.16. The van der Waals surface area contributed by atoms with Crippen molar-refractivity contribution in [2.24, 2.45) is 0 Å². The molecule has 1 fully saturated rings. The molecule has 1 aliphatic rings. The van der Waals surface area contributed by atoms with Gasteiger partial charge in [-0.2, -0.15) is 0 Å². The van der Waals surface area contributed by atoms with Gasteiger partial charge in [0.1, 0.15) is 12.3 Å². The molecule has 0 atom stereocenters. The number of aromatic nitrogens is 1. The number of carbonyl (C=O) groups is 2. The summed E-state index contributed by atoms with van der Waals surface area (Å²) in [5.41, 5.74) is 1.51. The van der Waals surface area contributed by atoms with Crippen molar-refractivity contribution in [2.75, 3.05) is 36.5 Å². The van der Waals surface area contributed by atoms with E-state index in [1.165, 1.54) is 16.2 Å². The van der Waals surface area contributed by atoms with Crippen LogP contribution in [0.1, 0.15) is 6.92 Å². The Morgan fingerprint density at radius 3 is 2.93 bits per heavy atom. The zero-order valence-electron chi connectivity index (χ0n) is 15.7. The molecule has 0 saturated carbocycles. The van der Waals surface area contributed by atoms with Crippen LogP contribution >= 0.6 is 22.9 Å². The molecule has 2 aromatic carbocycles. The van der Waals surface area contributed by atoms with E-state index in [1.54, 1.807) is 23.1 Å². The van der Waals surface area contributed by atoms with Crippen molar-refractivity contribution in [2.45, 2.75) is 6.92 Å². The summed E-state index contributed by atoms with van der Waals surface area (Å²) >= 11 is 7.39.